The number of rotatable bonds is 3. The van der Waals surface area contributed by atoms with Crippen LogP contribution in [0.25, 0.3) is 0 Å². The van der Waals surface area contributed by atoms with Crippen molar-refractivity contribution in [3.8, 4) is 5.88 Å². The Bertz CT molecular complexity index is 670. The first-order valence-electron chi connectivity index (χ1n) is 7.51. The maximum Gasteiger partial charge on any atom is 0.274 e. The highest BCUT2D eigenvalue weighted by Gasteiger charge is 2.30. The summed E-state index contributed by atoms with van der Waals surface area (Å²) in [7, 11) is 1.53. The van der Waals surface area contributed by atoms with Crippen LogP contribution in [0.15, 0.2) is 36.4 Å². The van der Waals surface area contributed by atoms with Crippen molar-refractivity contribution in [2.75, 3.05) is 13.7 Å². The highest BCUT2D eigenvalue weighted by molar-refractivity contribution is 5.92. The fourth-order valence-corrected chi connectivity index (χ4v) is 3.03. The number of methoxy groups -OCH3 is 1. The molecular formula is C17H19N3O2. The number of fused-ring (bicyclic) bond motifs is 1. The van der Waals surface area contributed by atoms with Gasteiger partial charge in [-0.1, -0.05) is 31.2 Å². The van der Waals surface area contributed by atoms with Crippen LogP contribution in [-0.2, 0) is 6.42 Å². The summed E-state index contributed by atoms with van der Waals surface area (Å²) in [6, 6.07) is 11.8. The lowest BCUT2D eigenvalue weighted by Gasteiger charge is -2.36. The number of aromatic nitrogens is 2. The second-order valence-corrected chi connectivity index (χ2v) is 5.33. The van der Waals surface area contributed by atoms with Crippen LogP contribution in [-0.4, -0.2) is 34.7 Å². The molecule has 114 valence electrons. The normalized spacial score (nSPS) is 17.0. The predicted octanol–water partition coefficient (Wildman–Crippen LogP) is 2.63. The van der Waals surface area contributed by atoms with Crippen molar-refractivity contribution >= 4 is 5.91 Å². The first-order valence-corrected chi connectivity index (χ1v) is 7.51. The first-order chi connectivity index (χ1) is 10.7. The number of hydrogen-bond acceptors (Lipinski definition) is 4. The second kappa shape index (κ2) is 6.13. The molecule has 5 heteroatoms. The zero-order valence-electron chi connectivity index (χ0n) is 12.8. The van der Waals surface area contributed by atoms with E-state index in [-0.39, 0.29) is 11.9 Å². The van der Waals surface area contributed by atoms with E-state index >= 15 is 0 Å². The van der Waals surface area contributed by atoms with E-state index in [0.717, 1.165) is 12.8 Å². The van der Waals surface area contributed by atoms with Gasteiger partial charge in [0.25, 0.3) is 5.91 Å². The van der Waals surface area contributed by atoms with E-state index in [4.69, 9.17) is 4.74 Å². The Morgan fingerprint density at radius 1 is 1.27 bits per heavy atom. The molecule has 1 aliphatic heterocycles. The summed E-state index contributed by atoms with van der Waals surface area (Å²) in [5.41, 5.74) is 2.93. The Labute approximate surface area is 129 Å². The number of carbonyl (C=O) groups is 1. The van der Waals surface area contributed by atoms with Crippen LogP contribution in [0.3, 0.4) is 0 Å². The standard InChI is InChI=1S/C17H19N3O2/c1-3-15-13-7-5-4-6-12(13)10-11-20(15)17(21)14-8-9-16(22-2)19-18-14/h4-9,15H,3,10-11H2,1-2H3/t15-/m1/s1. The average molecular weight is 297 g/mol. The predicted molar refractivity (Wildman–Crippen MR) is 82.8 cm³/mol. The zero-order chi connectivity index (χ0) is 15.5. The van der Waals surface area contributed by atoms with E-state index in [1.165, 1.54) is 18.2 Å². The van der Waals surface area contributed by atoms with Gasteiger partial charge in [0, 0.05) is 12.6 Å². The number of ether oxygens (including phenoxy) is 1. The van der Waals surface area contributed by atoms with E-state index in [9.17, 15) is 4.79 Å². The van der Waals surface area contributed by atoms with Gasteiger partial charge in [0.05, 0.1) is 13.2 Å². The van der Waals surface area contributed by atoms with Crippen molar-refractivity contribution in [2.45, 2.75) is 25.8 Å². The van der Waals surface area contributed by atoms with Crippen LogP contribution in [0.4, 0.5) is 0 Å². The lowest BCUT2D eigenvalue weighted by atomic mass is 9.91. The molecule has 3 rings (SSSR count). The summed E-state index contributed by atoms with van der Waals surface area (Å²) in [5.74, 6) is 0.337. The van der Waals surface area contributed by atoms with Gasteiger partial charge in [0.1, 0.15) is 0 Å². The van der Waals surface area contributed by atoms with Crippen molar-refractivity contribution in [2.24, 2.45) is 0 Å². The molecule has 0 saturated carbocycles. The topological polar surface area (TPSA) is 55.3 Å². The molecule has 1 aromatic heterocycles. The van der Waals surface area contributed by atoms with Crippen LogP contribution in [0.1, 0.15) is 41.0 Å². The number of hydrogen-bond donors (Lipinski definition) is 0. The molecule has 5 nitrogen and oxygen atoms in total. The second-order valence-electron chi connectivity index (χ2n) is 5.33. The number of carbonyl (C=O) groups excluding carboxylic acids is 1. The van der Waals surface area contributed by atoms with Crippen molar-refractivity contribution < 1.29 is 9.53 Å². The molecule has 0 saturated heterocycles. The molecule has 1 aromatic carbocycles. The van der Waals surface area contributed by atoms with E-state index < -0.39 is 0 Å². The first kappa shape index (κ1) is 14.5. The SMILES string of the molecule is CC[C@@H]1c2ccccc2CCN1C(=O)c1ccc(OC)nn1. The lowest BCUT2D eigenvalue weighted by molar-refractivity contribution is 0.0648. The molecule has 0 N–H and O–H groups in total. The number of amides is 1. The molecule has 1 amide bonds. The molecule has 2 heterocycles. The van der Waals surface area contributed by atoms with Gasteiger partial charge in [-0.2, -0.15) is 0 Å². The third-order valence-electron chi connectivity index (χ3n) is 4.13. The largest absolute Gasteiger partial charge is 0.480 e. The molecule has 0 radical (unpaired) electrons. The Hall–Kier alpha value is -2.43. The number of benzene rings is 1. The Morgan fingerprint density at radius 3 is 2.77 bits per heavy atom. The van der Waals surface area contributed by atoms with E-state index in [1.54, 1.807) is 12.1 Å². The molecule has 1 atom stereocenters. The molecule has 2 aromatic rings. The van der Waals surface area contributed by atoms with Crippen molar-refractivity contribution in [3.05, 3.63) is 53.2 Å². The summed E-state index contributed by atoms with van der Waals surface area (Å²) in [6.07, 6.45) is 1.76. The third-order valence-corrected chi connectivity index (χ3v) is 4.13. The van der Waals surface area contributed by atoms with Crippen LogP contribution in [0, 0.1) is 0 Å². The third kappa shape index (κ3) is 2.54. The molecule has 0 aliphatic carbocycles. The minimum absolute atomic E-state index is 0.0727. The molecule has 22 heavy (non-hydrogen) atoms. The fraction of sp³-hybridized carbons (Fsp3) is 0.353. The smallest absolute Gasteiger partial charge is 0.274 e. The quantitative estimate of drug-likeness (QED) is 0.874. The van der Waals surface area contributed by atoms with Crippen LogP contribution in [0.5, 0.6) is 5.88 Å². The average Bonchev–Trinajstić information content (AvgIpc) is 2.60. The minimum Gasteiger partial charge on any atom is -0.480 e. The summed E-state index contributed by atoms with van der Waals surface area (Å²) in [4.78, 5) is 14.7. The Balaban J connectivity index is 1.89. The fourth-order valence-electron chi connectivity index (χ4n) is 3.03. The minimum atomic E-state index is -0.0727. The van der Waals surface area contributed by atoms with Gasteiger partial charge < -0.3 is 9.64 Å². The van der Waals surface area contributed by atoms with Crippen LogP contribution >= 0.6 is 0 Å². The zero-order valence-corrected chi connectivity index (χ0v) is 12.8. The highest BCUT2D eigenvalue weighted by Crippen LogP contribution is 2.32. The highest BCUT2D eigenvalue weighted by atomic mass is 16.5. The van der Waals surface area contributed by atoms with E-state index in [1.807, 2.05) is 11.0 Å². The van der Waals surface area contributed by atoms with Crippen molar-refractivity contribution in [1.82, 2.24) is 15.1 Å². The van der Waals surface area contributed by atoms with Gasteiger partial charge >= 0.3 is 0 Å². The molecular weight excluding hydrogens is 278 g/mol. The Kier molecular flexibility index (Phi) is 4.04. The summed E-state index contributed by atoms with van der Waals surface area (Å²) in [6.45, 7) is 2.81. The molecule has 0 unspecified atom stereocenters. The van der Waals surface area contributed by atoms with Gasteiger partial charge in [-0.15, -0.1) is 10.2 Å². The summed E-state index contributed by atoms with van der Waals surface area (Å²) < 4.78 is 4.98. The van der Waals surface area contributed by atoms with Gasteiger partial charge in [-0.05, 0) is 30.0 Å². The summed E-state index contributed by atoms with van der Waals surface area (Å²) >= 11 is 0. The molecule has 0 fully saturated rings. The number of nitrogens with zero attached hydrogens (tertiary/aromatic N) is 3. The van der Waals surface area contributed by atoms with Gasteiger partial charge in [-0.25, -0.2) is 0 Å². The van der Waals surface area contributed by atoms with Gasteiger partial charge in [0.15, 0.2) is 5.69 Å². The monoisotopic (exact) mass is 297 g/mol. The van der Waals surface area contributed by atoms with E-state index in [0.29, 0.717) is 18.1 Å². The van der Waals surface area contributed by atoms with Crippen LogP contribution in [0.2, 0.25) is 0 Å². The van der Waals surface area contributed by atoms with Crippen molar-refractivity contribution in [1.29, 1.82) is 0 Å². The summed E-state index contributed by atoms with van der Waals surface area (Å²) in [5, 5.41) is 7.87. The van der Waals surface area contributed by atoms with Crippen molar-refractivity contribution in [3.63, 3.8) is 0 Å². The van der Waals surface area contributed by atoms with E-state index in [2.05, 4.69) is 35.3 Å². The maximum absolute atomic E-state index is 12.8. The maximum atomic E-state index is 12.8. The van der Waals surface area contributed by atoms with Gasteiger partial charge in [-0.3, -0.25) is 4.79 Å². The lowest BCUT2D eigenvalue weighted by Crippen LogP contribution is -2.40. The molecule has 0 bridgehead atoms. The molecule has 1 aliphatic rings. The molecule has 0 spiro atoms. The Morgan fingerprint density at radius 2 is 2.09 bits per heavy atom. The van der Waals surface area contributed by atoms with Crippen LogP contribution < -0.4 is 4.74 Å². The van der Waals surface area contributed by atoms with Gasteiger partial charge in [0.2, 0.25) is 5.88 Å².